The maximum atomic E-state index is 12.9. The van der Waals surface area contributed by atoms with Crippen molar-refractivity contribution in [3.05, 3.63) is 114 Å². The lowest BCUT2D eigenvalue weighted by molar-refractivity contribution is -0.116. The van der Waals surface area contributed by atoms with Gasteiger partial charge in [-0.15, -0.1) is 0 Å². The molecule has 36 heavy (non-hydrogen) atoms. The van der Waals surface area contributed by atoms with Crippen LogP contribution in [-0.4, -0.2) is 32.0 Å². The Balaban J connectivity index is 1.44. The molecule has 0 saturated carbocycles. The van der Waals surface area contributed by atoms with Gasteiger partial charge < -0.3 is 20.1 Å². The lowest BCUT2D eigenvalue weighted by atomic mass is 10.0. The van der Waals surface area contributed by atoms with Gasteiger partial charge in [0.05, 0.1) is 17.8 Å². The van der Waals surface area contributed by atoms with Crippen molar-refractivity contribution in [2.45, 2.75) is 32.4 Å². The summed E-state index contributed by atoms with van der Waals surface area (Å²) in [5, 5.41) is 7.14. The lowest BCUT2D eigenvalue weighted by Crippen LogP contribution is -2.33. The molecule has 6 nitrogen and oxygen atoms in total. The minimum atomic E-state index is -0.141. The molecular weight excluding hydrogens is 466 g/mol. The van der Waals surface area contributed by atoms with E-state index in [2.05, 4.69) is 74.6 Å². The number of rotatable bonds is 7. The Kier molecular flexibility index (Phi) is 6.82. The van der Waals surface area contributed by atoms with E-state index >= 15 is 0 Å². The third-order valence-electron chi connectivity index (χ3n) is 6.59. The highest BCUT2D eigenvalue weighted by Crippen LogP contribution is 2.39. The lowest BCUT2D eigenvalue weighted by Gasteiger charge is -2.29. The molecule has 4 aromatic rings. The average Bonchev–Trinajstić information content (AvgIpc) is 3.49. The number of nitrogens with one attached hydrogen (secondary N) is 2. The first-order chi connectivity index (χ1) is 17.5. The molecule has 0 spiro atoms. The Labute approximate surface area is 217 Å². The molecule has 182 valence electrons. The van der Waals surface area contributed by atoms with Gasteiger partial charge in [-0.05, 0) is 74.1 Å². The van der Waals surface area contributed by atoms with Crippen molar-refractivity contribution in [3.63, 3.8) is 0 Å². The number of aromatic nitrogens is 2. The minimum absolute atomic E-state index is 0.0407. The van der Waals surface area contributed by atoms with E-state index in [4.69, 9.17) is 12.2 Å². The van der Waals surface area contributed by atoms with Crippen LogP contribution >= 0.6 is 12.2 Å². The van der Waals surface area contributed by atoms with Crippen molar-refractivity contribution in [3.8, 4) is 5.69 Å². The highest BCUT2D eigenvalue weighted by atomic mass is 32.1. The zero-order valence-electron chi connectivity index (χ0n) is 20.4. The summed E-state index contributed by atoms with van der Waals surface area (Å²) in [6, 6.07) is 26.1. The largest absolute Gasteiger partial charge is 0.352 e. The summed E-state index contributed by atoms with van der Waals surface area (Å²) in [6.45, 7) is 4.55. The topological polar surface area (TPSA) is 62.2 Å². The zero-order chi connectivity index (χ0) is 25.1. The highest BCUT2D eigenvalue weighted by molar-refractivity contribution is 7.80. The Bertz CT molecular complexity index is 1370. The van der Waals surface area contributed by atoms with E-state index in [1.54, 1.807) is 6.20 Å². The van der Waals surface area contributed by atoms with Crippen LogP contribution in [0.5, 0.6) is 0 Å². The molecule has 2 aromatic heterocycles. The van der Waals surface area contributed by atoms with Crippen LogP contribution in [0.3, 0.4) is 0 Å². The van der Waals surface area contributed by atoms with Gasteiger partial charge in [-0.25, -0.2) is 0 Å². The number of aryl methyl sites for hydroxylation is 2. The van der Waals surface area contributed by atoms with Crippen LogP contribution in [0, 0.1) is 13.8 Å². The molecule has 0 unspecified atom stereocenters. The molecule has 0 radical (unpaired) electrons. The number of nitrogens with zero attached hydrogens (tertiary/aromatic N) is 3. The van der Waals surface area contributed by atoms with Gasteiger partial charge in [0.2, 0.25) is 5.91 Å². The third kappa shape index (κ3) is 4.88. The predicted molar refractivity (Wildman–Crippen MR) is 147 cm³/mol. The number of carbonyl (C=O) groups excluding carboxylic acids is 1. The van der Waals surface area contributed by atoms with Crippen molar-refractivity contribution in [1.29, 1.82) is 0 Å². The van der Waals surface area contributed by atoms with Gasteiger partial charge in [-0.2, -0.15) is 0 Å². The first-order valence-electron chi connectivity index (χ1n) is 12.1. The number of pyridine rings is 1. The third-order valence-corrected chi connectivity index (χ3v) is 6.94. The molecule has 2 atom stereocenters. The molecule has 2 N–H and O–H groups in total. The van der Waals surface area contributed by atoms with Gasteiger partial charge in [-0.3, -0.25) is 9.78 Å². The fourth-order valence-corrected chi connectivity index (χ4v) is 5.02. The van der Waals surface area contributed by atoms with Crippen LogP contribution < -0.4 is 10.6 Å². The summed E-state index contributed by atoms with van der Waals surface area (Å²) in [5.41, 5.74) is 6.16. The number of thiocarbonyl (C=S) groups is 1. The molecule has 1 aliphatic rings. The quantitative estimate of drug-likeness (QED) is 0.332. The van der Waals surface area contributed by atoms with Crippen LogP contribution in [0.1, 0.15) is 41.0 Å². The van der Waals surface area contributed by atoms with Gasteiger partial charge in [0.1, 0.15) is 0 Å². The molecule has 1 amide bonds. The van der Waals surface area contributed by atoms with E-state index in [0.717, 1.165) is 28.3 Å². The van der Waals surface area contributed by atoms with Crippen molar-refractivity contribution >= 4 is 28.9 Å². The number of benzene rings is 2. The fraction of sp³-hybridized carbons (Fsp3) is 0.207. The number of hydrogen-bond acceptors (Lipinski definition) is 3. The number of para-hydroxylation sites is 1. The summed E-state index contributed by atoms with van der Waals surface area (Å²) in [4.78, 5) is 19.6. The number of hydrogen-bond donors (Lipinski definition) is 2. The van der Waals surface area contributed by atoms with E-state index < -0.39 is 0 Å². The van der Waals surface area contributed by atoms with Gasteiger partial charge >= 0.3 is 0 Å². The van der Waals surface area contributed by atoms with Crippen LogP contribution in [0.2, 0.25) is 0 Å². The molecule has 5 rings (SSSR count). The van der Waals surface area contributed by atoms with E-state index in [0.29, 0.717) is 18.1 Å². The Morgan fingerprint density at radius 3 is 2.53 bits per heavy atom. The average molecular weight is 496 g/mol. The maximum absolute atomic E-state index is 12.9. The molecule has 1 fully saturated rings. The van der Waals surface area contributed by atoms with Crippen molar-refractivity contribution in [2.75, 3.05) is 11.9 Å². The summed E-state index contributed by atoms with van der Waals surface area (Å²) in [6.07, 6.45) is 4.18. The molecule has 3 heterocycles. The molecule has 7 heteroatoms. The Morgan fingerprint density at radius 1 is 1.00 bits per heavy atom. The monoisotopic (exact) mass is 495 g/mol. The van der Waals surface area contributed by atoms with Gasteiger partial charge in [-0.1, -0.05) is 42.0 Å². The fourth-order valence-electron chi connectivity index (χ4n) is 4.69. The van der Waals surface area contributed by atoms with E-state index in [9.17, 15) is 4.79 Å². The Morgan fingerprint density at radius 2 is 1.78 bits per heavy atom. The predicted octanol–water partition coefficient (Wildman–Crippen LogP) is 5.49. The second kappa shape index (κ2) is 10.3. The summed E-state index contributed by atoms with van der Waals surface area (Å²) in [5.74, 6) is -0.0407. The summed E-state index contributed by atoms with van der Waals surface area (Å²) >= 11 is 5.79. The van der Waals surface area contributed by atoms with E-state index in [1.165, 1.54) is 5.56 Å². The van der Waals surface area contributed by atoms with Crippen LogP contribution in [0.15, 0.2) is 91.3 Å². The summed E-state index contributed by atoms with van der Waals surface area (Å²) < 4.78 is 2.19. The molecule has 1 aliphatic heterocycles. The summed E-state index contributed by atoms with van der Waals surface area (Å²) in [7, 11) is 0. The molecule has 2 aromatic carbocycles. The standard InChI is InChI=1S/C29H29N5OS/c1-20-12-14-22(15-13-20)33-18-7-11-25(33)28-27(24-10-5-6-17-30-24)32-29(36)34(28)19-16-26(35)31-23-9-4-3-8-21(23)2/h3-15,17-18,27-28H,16,19H2,1-2H3,(H,31,35)(H,32,36)/t27-,28-/m1/s1. The molecular formula is C29H29N5OS. The van der Waals surface area contributed by atoms with Gasteiger partial charge in [0.15, 0.2) is 5.11 Å². The zero-order valence-corrected chi connectivity index (χ0v) is 21.2. The number of anilines is 1. The number of carbonyl (C=O) groups is 1. The molecule has 1 saturated heterocycles. The second-order valence-electron chi connectivity index (χ2n) is 9.07. The van der Waals surface area contributed by atoms with E-state index in [-0.39, 0.29) is 18.0 Å². The second-order valence-corrected chi connectivity index (χ2v) is 9.46. The van der Waals surface area contributed by atoms with Crippen molar-refractivity contribution in [2.24, 2.45) is 0 Å². The van der Waals surface area contributed by atoms with Crippen LogP contribution in [-0.2, 0) is 4.79 Å². The molecule has 0 aliphatic carbocycles. The smallest absolute Gasteiger partial charge is 0.226 e. The molecule has 0 bridgehead atoms. The van der Waals surface area contributed by atoms with E-state index in [1.807, 2.05) is 49.4 Å². The minimum Gasteiger partial charge on any atom is -0.352 e. The SMILES string of the molecule is Cc1ccc(-n2cccc2[C@@H]2[C@@H](c3ccccn3)NC(=S)N2CCC(=O)Nc2ccccc2C)cc1. The first kappa shape index (κ1) is 23.8. The normalized spacial score (nSPS) is 17.2. The number of amides is 1. The van der Waals surface area contributed by atoms with Gasteiger partial charge in [0, 0.05) is 42.4 Å². The van der Waals surface area contributed by atoms with Crippen LogP contribution in [0.25, 0.3) is 5.69 Å². The van der Waals surface area contributed by atoms with Gasteiger partial charge in [0.25, 0.3) is 0 Å². The van der Waals surface area contributed by atoms with Crippen molar-refractivity contribution < 1.29 is 4.79 Å². The Hall–Kier alpha value is -3.97. The first-order valence-corrected chi connectivity index (χ1v) is 12.5. The maximum Gasteiger partial charge on any atom is 0.226 e. The van der Waals surface area contributed by atoms with Crippen molar-refractivity contribution in [1.82, 2.24) is 19.8 Å². The van der Waals surface area contributed by atoms with Crippen LogP contribution in [0.4, 0.5) is 5.69 Å². The highest BCUT2D eigenvalue weighted by Gasteiger charge is 2.41.